The van der Waals surface area contributed by atoms with Gasteiger partial charge in [0.25, 0.3) is 0 Å². The Hall–Kier alpha value is -2.37. The number of aromatic amines is 2. The molecule has 0 fully saturated rings. The number of rotatable bonds is 0. The normalized spacial score (nSPS) is 11.7. The van der Waals surface area contributed by atoms with Gasteiger partial charge in [0, 0.05) is 0 Å². The molecule has 2 aromatic carbocycles. The van der Waals surface area contributed by atoms with E-state index in [4.69, 9.17) is 4.98 Å². The fourth-order valence-electron chi connectivity index (χ4n) is 2.88. The van der Waals surface area contributed by atoms with Gasteiger partial charge in [0.15, 0.2) is 11.3 Å². The summed E-state index contributed by atoms with van der Waals surface area (Å²) in [6.45, 7) is 2.19. The summed E-state index contributed by atoms with van der Waals surface area (Å²) in [5, 5.41) is 0. The van der Waals surface area contributed by atoms with Gasteiger partial charge in [0.05, 0.1) is 29.8 Å². The maximum atomic E-state index is 4.85. The maximum absolute atomic E-state index is 4.85. The van der Waals surface area contributed by atoms with Crippen molar-refractivity contribution in [3.05, 3.63) is 54.1 Å². The second-order valence-electron chi connectivity index (χ2n) is 5.54. The van der Waals surface area contributed by atoms with Crippen molar-refractivity contribution in [2.75, 3.05) is 0 Å². The van der Waals surface area contributed by atoms with Crippen LogP contribution in [0.4, 0.5) is 0 Å². The second-order valence-corrected chi connectivity index (χ2v) is 7.64. The minimum Gasteiger partial charge on any atom is -0.338 e. The van der Waals surface area contributed by atoms with Crippen LogP contribution in [0, 0.1) is 6.92 Å². The maximum Gasteiger partial charge on any atom is 0.150 e. The highest BCUT2D eigenvalue weighted by Gasteiger charge is 2.10. The Morgan fingerprint density at radius 1 is 0.739 bits per heavy atom. The van der Waals surface area contributed by atoms with E-state index in [-0.39, 0.29) is 0 Å². The first-order valence-electron chi connectivity index (χ1n) is 7.42. The number of hydrogen-bond acceptors (Lipinski definition) is 3. The SMILES string of the molecule is Cc1c2sc3ccccc3[nH]c2nc2[nH]c3ccccc3sc12. The number of hydrogen-bond donors (Lipinski definition) is 2. The average molecular weight is 335 g/mol. The van der Waals surface area contributed by atoms with Gasteiger partial charge in [-0.1, -0.05) is 24.3 Å². The largest absolute Gasteiger partial charge is 0.338 e. The van der Waals surface area contributed by atoms with Gasteiger partial charge in [-0.25, -0.2) is 4.98 Å². The van der Waals surface area contributed by atoms with Gasteiger partial charge in [0.1, 0.15) is 0 Å². The second kappa shape index (κ2) is 4.81. The third-order valence-corrected chi connectivity index (χ3v) is 6.60. The molecule has 0 saturated carbocycles. The molecule has 0 saturated heterocycles. The highest BCUT2D eigenvalue weighted by Crippen LogP contribution is 2.34. The molecule has 0 amide bonds. The number of aryl methyl sites for hydroxylation is 1. The minimum absolute atomic E-state index is 0.942. The molecule has 0 aliphatic heterocycles. The van der Waals surface area contributed by atoms with Gasteiger partial charge < -0.3 is 9.97 Å². The van der Waals surface area contributed by atoms with Gasteiger partial charge in [-0.3, -0.25) is 0 Å². The topological polar surface area (TPSA) is 44.5 Å². The summed E-state index contributed by atoms with van der Waals surface area (Å²) >= 11 is 3.59. The van der Waals surface area contributed by atoms with E-state index in [1.54, 1.807) is 22.7 Å². The van der Waals surface area contributed by atoms with E-state index in [2.05, 4.69) is 53.3 Å². The molecule has 0 spiro atoms. The summed E-state index contributed by atoms with van der Waals surface area (Å²) < 4.78 is 4.94. The summed E-state index contributed by atoms with van der Waals surface area (Å²) in [6, 6.07) is 16.7. The third-order valence-electron chi connectivity index (χ3n) is 4.04. The summed E-state index contributed by atoms with van der Waals surface area (Å²) in [7, 11) is 0. The molecule has 5 heteroatoms. The Labute approximate surface area is 139 Å². The van der Waals surface area contributed by atoms with Crippen LogP contribution >= 0.6 is 22.7 Å². The Morgan fingerprint density at radius 3 is 1.74 bits per heavy atom. The van der Waals surface area contributed by atoms with E-state index >= 15 is 0 Å². The molecule has 2 N–H and O–H groups in total. The van der Waals surface area contributed by atoms with Crippen LogP contribution in [0.15, 0.2) is 48.5 Å². The van der Waals surface area contributed by atoms with Crippen molar-refractivity contribution >= 4 is 63.8 Å². The lowest BCUT2D eigenvalue weighted by atomic mass is 10.3. The lowest BCUT2D eigenvalue weighted by molar-refractivity contribution is 1.33. The van der Waals surface area contributed by atoms with Crippen LogP contribution in [-0.2, 0) is 0 Å². The van der Waals surface area contributed by atoms with Crippen LogP contribution in [0.5, 0.6) is 0 Å². The van der Waals surface area contributed by atoms with Crippen molar-refractivity contribution in [2.24, 2.45) is 0 Å². The van der Waals surface area contributed by atoms with Crippen LogP contribution in [-0.4, -0.2) is 15.0 Å². The number of para-hydroxylation sites is 2. The zero-order chi connectivity index (χ0) is 15.4. The fraction of sp³-hybridized carbons (Fsp3) is 0.0556. The Bertz CT molecular complexity index is 1140. The van der Waals surface area contributed by atoms with Crippen LogP contribution in [0.1, 0.15) is 5.56 Å². The molecule has 112 valence electrons. The van der Waals surface area contributed by atoms with E-state index in [1.807, 2.05) is 12.1 Å². The van der Waals surface area contributed by atoms with Gasteiger partial charge in [-0.15, -0.1) is 22.7 Å². The molecule has 0 aliphatic rings. The summed E-state index contributed by atoms with van der Waals surface area (Å²) in [5.74, 6) is 0. The number of pyridine rings is 1. The minimum atomic E-state index is 0.942. The van der Waals surface area contributed by atoms with Gasteiger partial charge in [-0.05, 0) is 36.8 Å². The number of aromatic nitrogens is 3. The molecule has 0 aliphatic carbocycles. The highest BCUT2D eigenvalue weighted by molar-refractivity contribution is 7.26. The van der Waals surface area contributed by atoms with E-state index < -0.39 is 0 Å². The molecule has 0 radical (unpaired) electrons. The quantitative estimate of drug-likeness (QED) is 0.340. The molecule has 5 rings (SSSR count). The van der Waals surface area contributed by atoms with Crippen LogP contribution in [0.25, 0.3) is 41.1 Å². The molecule has 5 aromatic rings. The predicted octanol–water partition coefficient (Wildman–Crippen LogP) is 5.91. The Morgan fingerprint density at radius 2 is 1.22 bits per heavy atom. The van der Waals surface area contributed by atoms with Crippen LogP contribution in [0.2, 0.25) is 0 Å². The first-order chi connectivity index (χ1) is 11.3. The Kier molecular flexibility index (Phi) is 2.74. The number of H-pyrrole nitrogens is 2. The van der Waals surface area contributed by atoms with Crippen molar-refractivity contribution in [1.29, 1.82) is 0 Å². The lowest BCUT2D eigenvalue weighted by Crippen LogP contribution is -1.91. The van der Waals surface area contributed by atoms with Crippen molar-refractivity contribution in [3.63, 3.8) is 0 Å². The smallest absolute Gasteiger partial charge is 0.150 e. The number of benzene rings is 2. The summed E-state index contributed by atoms with van der Waals surface area (Å²) in [4.78, 5) is 11.8. The number of fused-ring (bicyclic) bond motifs is 4. The zero-order valence-corrected chi connectivity index (χ0v) is 14.0. The molecule has 23 heavy (non-hydrogen) atoms. The molecular formula is C18H13N3S2. The number of nitrogens with zero attached hydrogens (tertiary/aromatic N) is 1. The highest BCUT2D eigenvalue weighted by atomic mass is 32.1. The van der Waals surface area contributed by atoms with Crippen molar-refractivity contribution in [1.82, 2.24) is 15.0 Å². The molecule has 3 heterocycles. The van der Waals surface area contributed by atoms with E-state index in [9.17, 15) is 0 Å². The monoisotopic (exact) mass is 335 g/mol. The van der Waals surface area contributed by atoms with Gasteiger partial charge in [0.2, 0.25) is 0 Å². The van der Waals surface area contributed by atoms with E-state index in [0.717, 1.165) is 22.3 Å². The average Bonchev–Trinajstić information content (AvgIpc) is 2.59. The first-order valence-corrected chi connectivity index (χ1v) is 9.05. The van der Waals surface area contributed by atoms with Crippen molar-refractivity contribution in [2.45, 2.75) is 6.92 Å². The van der Waals surface area contributed by atoms with Crippen molar-refractivity contribution in [3.8, 4) is 0 Å². The molecule has 3 nitrogen and oxygen atoms in total. The van der Waals surface area contributed by atoms with Crippen molar-refractivity contribution < 1.29 is 0 Å². The standard InChI is InChI=1S/C18H13N3S2/c1-10-15-17(19-11-6-2-4-8-13(11)22-15)21-18-16(10)23-14-9-5-3-7-12(14)20-18/h2-9H,1H3,(H2,19,20,21). The van der Waals surface area contributed by atoms with E-state index in [1.165, 1.54) is 24.4 Å². The summed E-state index contributed by atoms with van der Waals surface area (Å²) in [5.41, 5.74) is 5.42. The van der Waals surface area contributed by atoms with Gasteiger partial charge in [-0.2, -0.15) is 0 Å². The van der Waals surface area contributed by atoms with Gasteiger partial charge >= 0.3 is 0 Å². The van der Waals surface area contributed by atoms with Crippen LogP contribution in [0.3, 0.4) is 0 Å². The van der Waals surface area contributed by atoms with E-state index in [0.29, 0.717) is 0 Å². The lowest BCUT2D eigenvalue weighted by Gasteiger charge is -2.09. The molecule has 0 bridgehead atoms. The number of nitrogens with one attached hydrogen (secondary N) is 2. The third kappa shape index (κ3) is 1.97. The first kappa shape index (κ1) is 13.1. The Balaban J connectivity index is 1.99. The molecule has 0 atom stereocenters. The fourth-order valence-corrected chi connectivity index (χ4v) is 5.04. The molecule has 0 unspecified atom stereocenters. The van der Waals surface area contributed by atoms with Crippen LogP contribution < -0.4 is 0 Å². The summed E-state index contributed by atoms with van der Waals surface area (Å²) in [6.07, 6.45) is 0. The predicted molar refractivity (Wildman–Crippen MR) is 101 cm³/mol. The molecular weight excluding hydrogens is 322 g/mol. The zero-order valence-electron chi connectivity index (χ0n) is 12.4. The molecule has 3 aromatic heterocycles.